The summed E-state index contributed by atoms with van der Waals surface area (Å²) in [5.74, 6) is 0.633. The van der Waals surface area contributed by atoms with Crippen molar-refractivity contribution in [2.24, 2.45) is 0 Å². The minimum Gasteiger partial charge on any atom is -0.457 e. The molecule has 3 rings (SSSR count). The van der Waals surface area contributed by atoms with Crippen molar-refractivity contribution < 1.29 is 19.1 Å². The number of carbonyl (C=O) groups is 1. The second kappa shape index (κ2) is 8.79. The summed E-state index contributed by atoms with van der Waals surface area (Å²) in [5.41, 5.74) is 2.95. The molecule has 1 heterocycles. The van der Waals surface area contributed by atoms with Gasteiger partial charge in [-0.1, -0.05) is 6.07 Å². The van der Waals surface area contributed by atoms with Crippen molar-refractivity contribution in [3.05, 3.63) is 84.3 Å². The summed E-state index contributed by atoms with van der Waals surface area (Å²) in [6.07, 6.45) is 4.39. The highest BCUT2D eigenvalue weighted by Gasteiger charge is 2.10. The molecule has 1 amide bonds. The van der Waals surface area contributed by atoms with Crippen LogP contribution in [0.2, 0.25) is 0 Å². The highest BCUT2D eigenvalue weighted by molar-refractivity contribution is 5.91. The minimum absolute atomic E-state index is 0.362. The number of nitrogens with one attached hydrogen (secondary N) is 1. The number of amides is 1. The second-order valence-corrected chi connectivity index (χ2v) is 5.83. The molecule has 3 aromatic rings. The van der Waals surface area contributed by atoms with E-state index in [4.69, 9.17) is 9.94 Å². The second-order valence-electron chi connectivity index (χ2n) is 5.83. The van der Waals surface area contributed by atoms with E-state index >= 15 is 0 Å². The van der Waals surface area contributed by atoms with E-state index < -0.39 is 5.91 Å². The maximum absolute atomic E-state index is 13.1. The fraction of sp³-hybridized carbons (Fsp3) is 0.0476. The standard InChI is InChI=1S/C21H18FN3O3/c1-25(20-4-2-3-13-23-20)17-8-11-19(15(14-17)5-12-21(26)24-27)28-18-9-6-16(22)7-10-18/h2-14,27H,1H3,(H,24,26)/b12-5+. The Kier molecular flexibility index (Phi) is 5.98. The number of halogens is 1. The molecule has 1 aromatic heterocycles. The van der Waals surface area contributed by atoms with Crippen molar-refractivity contribution in [3.8, 4) is 11.5 Å². The fourth-order valence-electron chi connectivity index (χ4n) is 2.48. The van der Waals surface area contributed by atoms with Gasteiger partial charge in [0.2, 0.25) is 0 Å². The van der Waals surface area contributed by atoms with Crippen molar-refractivity contribution in [1.82, 2.24) is 10.5 Å². The van der Waals surface area contributed by atoms with Gasteiger partial charge in [-0.2, -0.15) is 0 Å². The first kappa shape index (κ1) is 19.1. The highest BCUT2D eigenvalue weighted by Crippen LogP contribution is 2.32. The Morgan fingerprint density at radius 1 is 1.18 bits per heavy atom. The largest absolute Gasteiger partial charge is 0.457 e. The Hall–Kier alpha value is -3.71. The first-order valence-electron chi connectivity index (χ1n) is 8.41. The van der Waals surface area contributed by atoms with Crippen LogP contribution < -0.4 is 15.1 Å². The molecule has 0 aliphatic heterocycles. The number of hydroxylamine groups is 1. The van der Waals surface area contributed by atoms with Gasteiger partial charge in [0, 0.05) is 30.6 Å². The van der Waals surface area contributed by atoms with Crippen molar-refractivity contribution in [2.45, 2.75) is 0 Å². The fourth-order valence-corrected chi connectivity index (χ4v) is 2.48. The third-order valence-corrected chi connectivity index (χ3v) is 3.94. The van der Waals surface area contributed by atoms with Crippen LogP contribution in [-0.4, -0.2) is 23.1 Å². The molecular weight excluding hydrogens is 361 g/mol. The first-order valence-corrected chi connectivity index (χ1v) is 8.41. The molecule has 142 valence electrons. The Morgan fingerprint density at radius 2 is 1.96 bits per heavy atom. The van der Waals surface area contributed by atoms with E-state index in [1.807, 2.05) is 42.3 Å². The number of rotatable bonds is 6. The lowest BCUT2D eigenvalue weighted by Gasteiger charge is -2.20. The predicted octanol–water partition coefficient (Wildman–Crippen LogP) is 4.30. The Bertz CT molecular complexity index is 976. The number of aromatic nitrogens is 1. The number of hydrogen-bond donors (Lipinski definition) is 2. The van der Waals surface area contributed by atoms with Gasteiger partial charge in [0.15, 0.2) is 0 Å². The molecule has 0 spiro atoms. The zero-order valence-corrected chi connectivity index (χ0v) is 15.0. The zero-order chi connectivity index (χ0) is 19.9. The van der Waals surface area contributed by atoms with Gasteiger partial charge in [0.25, 0.3) is 5.91 Å². The normalized spacial score (nSPS) is 10.7. The maximum Gasteiger partial charge on any atom is 0.267 e. The van der Waals surface area contributed by atoms with Crippen molar-refractivity contribution >= 4 is 23.5 Å². The van der Waals surface area contributed by atoms with E-state index in [2.05, 4.69) is 4.98 Å². The monoisotopic (exact) mass is 379 g/mol. The zero-order valence-electron chi connectivity index (χ0n) is 15.0. The number of carbonyl (C=O) groups excluding carboxylic acids is 1. The summed E-state index contributed by atoms with van der Waals surface area (Å²) >= 11 is 0. The summed E-state index contributed by atoms with van der Waals surface area (Å²) in [6.45, 7) is 0. The smallest absolute Gasteiger partial charge is 0.267 e. The number of pyridine rings is 1. The number of ether oxygens (including phenoxy) is 1. The molecule has 0 aliphatic carbocycles. The molecular formula is C21H18FN3O3. The van der Waals surface area contributed by atoms with Crippen molar-refractivity contribution in [3.63, 3.8) is 0 Å². The maximum atomic E-state index is 13.1. The van der Waals surface area contributed by atoms with Gasteiger partial charge < -0.3 is 9.64 Å². The lowest BCUT2D eigenvalue weighted by atomic mass is 10.1. The Labute approximate surface area is 161 Å². The summed E-state index contributed by atoms with van der Waals surface area (Å²) in [7, 11) is 1.87. The average molecular weight is 379 g/mol. The van der Waals surface area contributed by atoms with E-state index in [0.717, 1.165) is 11.5 Å². The topological polar surface area (TPSA) is 74.7 Å². The quantitative estimate of drug-likeness (QED) is 0.379. The minimum atomic E-state index is -0.670. The lowest BCUT2D eigenvalue weighted by molar-refractivity contribution is -0.124. The van der Waals surface area contributed by atoms with Gasteiger partial charge in [0.1, 0.15) is 23.1 Å². The van der Waals surface area contributed by atoms with Crippen LogP contribution in [-0.2, 0) is 4.79 Å². The molecule has 6 nitrogen and oxygen atoms in total. The molecule has 0 saturated heterocycles. The highest BCUT2D eigenvalue weighted by atomic mass is 19.1. The molecule has 0 atom stereocenters. The van der Waals surface area contributed by atoms with E-state index in [9.17, 15) is 9.18 Å². The summed E-state index contributed by atoms with van der Waals surface area (Å²) < 4.78 is 18.9. The van der Waals surface area contributed by atoms with Crippen LogP contribution in [0.15, 0.2) is 72.9 Å². The first-order chi connectivity index (χ1) is 13.6. The predicted molar refractivity (Wildman–Crippen MR) is 104 cm³/mol. The van der Waals surface area contributed by atoms with Gasteiger partial charge in [-0.05, 0) is 60.7 Å². The van der Waals surface area contributed by atoms with E-state index in [1.165, 1.54) is 36.4 Å². The Balaban J connectivity index is 1.95. The van der Waals surface area contributed by atoms with Gasteiger partial charge in [-0.25, -0.2) is 14.9 Å². The van der Waals surface area contributed by atoms with Gasteiger partial charge >= 0.3 is 0 Å². The summed E-state index contributed by atoms with van der Waals surface area (Å²) in [6, 6.07) is 16.6. The van der Waals surface area contributed by atoms with E-state index in [1.54, 1.807) is 17.7 Å². The number of nitrogens with zero attached hydrogens (tertiary/aromatic N) is 2. The molecule has 7 heteroatoms. The molecule has 0 radical (unpaired) electrons. The van der Waals surface area contributed by atoms with Gasteiger partial charge in [-0.3, -0.25) is 10.0 Å². The molecule has 0 aliphatic rings. The summed E-state index contributed by atoms with van der Waals surface area (Å²) in [5, 5.41) is 8.70. The average Bonchev–Trinajstić information content (AvgIpc) is 2.74. The summed E-state index contributed by atoms with van der Waals surface area (Å²) in [4.78, 5) is 17.6. The van der Waals surface area contributed by atoms with Crippen LogP contribution in [0.4, 0.5) is 15.9 Å². The number of benzene rings is 2. The van der Waals surface area contributed by atoms with Gasteiger partial charge in [-0.15, -0.1) is 0 Å². The third-order valence-electron chi connectivity index (χ3n) is 3.94. The third kappa shape index (κ3) is 4.72. The van der Waals surface area contributed by atoms with Crippen LogP contribution in [0.1, 0.15) is 5.56 Å². The van der Waals surface area contributed by atoms with Crippen molar-refractivity contribution in [2.75, 3.05) is 11.9 Å². The van der Waals surface area contributed by atoms with Crippen LogP contribution in [0.3, 0.4) is 0 Å². The van der Waals surface area contributed by atoms with Crippen LogP contribution in [0.25, 0.3) is 6.08 Å². The van der Waals surface area contributed by atoms with Gasteiger partial charge in [0.05, 0.1) is 0 Å². The molecule has 28 heavy (non-hydrogen) atoms. The van der Waals surface area contributed by atoms with E-state index in [-0.39, 0.29) is 5.82 Å². The van der Waals surface area contributed by atoms with Crippen LogP contribution in [0, 0.1) is 5.82 Å². The molecule has 0 bridgehead atoms. The van der Waals surface area contributed by atoms with Crippen molar-refractivity contribution in [1.29, 1.82) is 0 Å². The van der Waals surface area contributed by atoms with Crippen LogP contribution >= 0.6 is 0 Å². The number of anilines is 2. The molecule has 0 saturated carbocycles. The van der Waals surface area contributed by atoms with Crippen LogP contribution in [0.5, 0.6) is 11.5 Å². The molecule has 0 unspecified atom stereocenters. The lowest BCUT2D eigenvalue weighted by Crippen LogP contribution is -2.14. The van der Waals surface area contributed by atoms with E-state index in [0.29, 0.717) is 17.1 Å². The number of hydrogen-bond acceptors (Lipinski definition) is 5. The molecule has 2 N–H and O–H groups in total. The molecule has 2 aromatic carbocycles. The Morgan fingerprint density at radius 3 is 2.64 bits per heavy atom. The molecule has 0 fully saturated rings. The SMILES string of the molecule is CN(c1ccc(Oc2ccc(F)cc2)c(/C=C/C(=O)NO)c1)c1ccccn1.